The van der Waals surface area contributed by atoms with Gasteiger partial charge in [0.15, 0.2) is 0 Å². The van der Waals surface area contributed by atoms with E-state index in [9.17, 15) is 0 Å². The highest BCUT2D eigenvalue weighted by Gasteiger charge is 2.09. The Morgan fingerprint density at radius 2 is 1.19 bits per heavy atom. The Morgan fingerprint density at radius 3 is 2.00 bits per heavy atom. The minimum absolute atomic E-state index is 1.22. The molecule has 0 aromatic heterocycles. The summed E-state index contributed by atoms with van der Waals surface area (Å²) in [7, 11) is 0. The summed E-state index contributed by atoms with van der Waals surface area (Å²) in [5.74, 6) is 0. The third-order valence-corrected chi connectivity index (χ3v) is 5.00. The summed E-state index contributed by atoms with van der Waals surface area (Å²) >= 11 is 0. The van der Waals surface area contributed by atoms with Crippen LogP contribution < -0.4 is 0 Å². The van der Waals surface area contributed by atoms with Crippen LogP contribution in [-0.2, 0) is 0 Å². The van der Waals surface area contributed by atoms with Crippen molar-refractivity contribution in [1.82, 2.24) is 0 Å². The summed E-state index contributed by atoms with van der Waals surface area (Å²) in [5, 5.41) is 5.17. The summed E-state index contributed by atoms with van der Waals surface area (Å²) in [6.45, 7) is 0. The van der Waals surface area contributed by atoms with Crippen LogP contribution in [0.15, 0.2) is 103 Å². The predicted molar refractivity (Wildman–Crippen MR) is 111 cm³/mol. The van der Waals surface area contributed by atoms with Gasteiger partial charge < -0.3 is 0 Å². The fourth-order valence-corrected chi connectivity index (χ4v) is 3.73. The van der Waals surface area contributed by atoms with Gasteiger partial charge in [-0.05, 0) is 62.0 Å². The molecule has 121 valence electrons. The first-order valence-corrected chi connectivity index (χ1v) is 8.87. The Balaban J connectivity index is 1.83. The third-order valence-electron chi connectivity index (χ3n) is 5.00. The van der Waals surface area contributed by atoms with E-state index in [4.69, 9.17) is 0 Å². The van der Waals surface area contributed by atoms with Crippen molar-refractivity contribution in [3.05, 3.63) is 109 Å². The number of benzene rings is 5. The molecular formula is C26H17. The first kappa shape index (κ1) is 14.9. The van der Waals surface area contributed by atoms with E-state index < -0.39 is 0 Å². The van der Waals surface area contributed by atoms with E-state index in [2.05, 4.69) is 97.1 Å². The SMILES string of the molecule is [c]1ccc(-c2ccc3c(c2)cc(-c2ccccc2)c2ccccc23)cc1. The van der Waals surface area contributed by atoms with Crippen LogP contribution in [-0.4, -0.2) is 0 Å². The van der Waals surface area contributed by atoms with Crippen LogP contribution in [0.1, 0.15) is 0 Å². The molecule has 1 radical (unpaired) electrons. The molecule has 0 saturated carbocycles. The highest BCUT2D eigenvalue weighted by molar-refractivity contribution is 6.14. The van der Waals surface area contributed by atoms with Gasteiger partial charge in [0.1, 0.15) is 0 Å². The lowest BCUT2D eigenvalue weighted by Gasteiger charge is -2.12. The molecule has 0 nitrogen and oxygen atoms in total. The summed E-state index contributed by atoms with van der Waals surface area (Å²) < 4.78 is 0. The maximum atomic E-state index is 3.09. The Morgan fingerprint density at radius 1 is 0.462 bits per heavy atom. The standard InChI is InChI=1S/C26H17/c1-3-9-19(10-4-1)21-15-16-23-22(17-21)18-26(20-11-5-2-6-12-20)25-14-8-7-13-24(23)25/h2-18H. The largest absolute Gasteiger partial charge is 0.0622 e. The quantitative estimate of drug-likeness (QED) is 0.302. The van der Waals surface area contributed by atoms with E-state index in [0.717, 1.165) is 0 Å². The Kier molecular flexibility index (Phi) is 3.54. The van der Waals surface area contributed by atoms with Crippen LogP contribution in [0.5, 0.6) is 0 Å². The van der Waals surface area contributed by atoms with Crippen LogP contribution >= 0.6 is 0 Å². The van der Waals surface area contributed by atoms with Crippen molar-refractivity contribution < 1.29 is 0 Å². The highest BCUT2D eigenvalue weighted by atomic mass is 14.1. The number of rotatable bonds is 2. The lowest BCUT2D eigenvalue weighted by atomic mass is 9.92. The van der Waals surface area contributed by atoms with Crippen LogP contribution in [0.2, 0.25) is 0 Å². The fourth-order valence-electron chi connectivity index (χ4n) is 3.73. The molecule has 26 heavy (non-hydrogen) atoms. The molecule has 0 atom stereocenters. The molecule has 0 heterocycles. The second-order valence-corrected chi connectivity index (χ2v) is 6.56. The predicted octanol–water partition coefficient (Wildman–Crippen LogP) is 7.13. The van der Waals surface area contributed by atoms with Gasteiger partial charge >= 0.3 is 0 Å². The zero-order chi connectivity index (χ0) is 17.3. The van der Waals surface area contributed by atoms with E-state index in [1.165, 1.54) is 43.8 Å². The van der Waals surface area contributed by atoms with E-state index in [0.29, 0.717) is 0 Å². The minimum atomic E-state index is 1.22. The van der Waals surface area contributed by atoms with Crippen LogP contribution in [0.3, 0.4) is 0 Å². The van der Waals surface area contributed by atoms with Crippen molar-refractivity contribution in [2.24, 2.45) is 0 Å². The van der Waals surface area contributed by atoms with Gasteiger partial charge in [-0.1, -0.05) is 91.0 Å². The fraction of sp³-hybridized carbons (Fsp3) is 0. The average Bonchev–Trinajstić information content (AvgIpc) is 2.74. The lowest BCUT2D eigenvalue weighted by Crippen LogP contribution is -1.85. The first-order valence-electron chi connectivity index (χ1n) is 8.87. The van der Waals surface area contributed by atoms with Crippen molar-refractivity contribution in [2.45, 2.75) is 0 Å². The molecule has 0 saturated heterocycles. The van der Waals surface area contributed by atoms with Crippen molar-refractivity contribution in [2.75, 3.05) is 0 Å². The molecule has 5 aromatic carbocycles. The first-order chi connectivity index (χ1) is 12.9. The Labute approximate surface area is 153 Å². The van der Waals surface area contributed by atoms with E-state index in [1.807, 2.05) is 12.1 Å². The van der Waals surface area contributed by atoms with Crippen LogP contribution in [0.4, 0.5) is 0 Å². The summed E-state index contributed by atoms with van der Waals surface area (Å²) in [6.07, 6.45) is 0. The summed E-state index contributed by atoms with van der Waals surface area (Å²) in [4.78, 5) is 0. The second-order valence-electron chi connectivity index (χ2n) is 6.56. The minimum Gasteiger partial charge on any atom is -0.0622 e. The van der Waals surface area contributed by atoms with Gasteiger partial charge in [0.2, 0.25) is 0 Å². The second kappa shape index (κ2) is 6.16. The van der Waals surface area contributed by atoms with E-state index in [-0.39, 0.29) is 0 Å². The number of hydrogen-bond donors (Lipinski definition) is 0. The third kappa shape index (κ3) is 2.48. The van der Waals surface area contributed by atoms with E-state index >= 15 is 0 Å². The van der Waals surface area contributed by atoms with Gasteiger partial charge in [0.25, 0.3) is 0 Å². The molecule has 0 bridgehead atoms. The molecule has 0 fully saturated rings. The van der Waals surface area contributed by atoms with Gasteiger partial charge in [-0.3, -0.25) is 0 Å². The van der Waals surface area contributed by atoms with Crippen molar-refractivity contribution in [1.29, 1.82) is 0 Å². The molecule has 0 N–H and O–H groups in total. The highest BCUT2D eigenvalue weighted by Crippen LogP contribution is 2.36. The van der Waals surface area contributed by atoms with Gasteiger partial charge in [0, 0.05) is 0 Å². The molecule has 0 unspecified atom stereocenters. The maximum Gasteiger partial charge on any atom is -0.00990 e. The lowest BCUT2D eigenvalue weighted by molar-refractivity contribution is 1.63. The topological polar surface area (TPSA) is 0 Å². The van der Waals surface area contributed by atoms with Gasteiger partial charge in [0.05, 0.1) is 0 Å². The maximum absolute atomic E-state index is 3.09. The normalized spacial score (nSPS) is 11.1. The molecule has 0 aliphatic rings. The average molecular weight is 329 g/mol. The van der Waals surface area contributed by atoms with Crippen LogP contribution in [0.25, 0.3) is 43.8 Å². The smallest absolute Gasteiger partial charge is 0.00990 e. The van der Waals surface area contributed by atoms with Crippen molar-refractivity contribution in [3.8, 4) is 22.3 Å². The van der Waals surface area contributed by atoms with Gasteiger partial charge in [-0.25, -0.2) is 0 Å². The number of hydrogen-bond acceptors (Lipinski definition) is 0. The van der Waals surface area contributed by atoms with Crippen LogP contribution in [0, 0.1) is 6.07 Å². The molecule has 5 rings (SSSR count). The Bertz CT molecular complexity index is 1200. The molecule has 0 amide bonds. The summed E-state index contributed by atoms with van der Waals surface area (Å²) in [6, 6.07) is 39.7. The van der Waals surface area contributed by atoms with Crippen molar-refractivity contribution in [3.63, 3.8) is 0 Å². The zero-order valence-corrected chi connectivity index (χ0v) is 14.3. The van der Waals surface area contributed by atoms with Crippen molar-refractivity contribution >= 4 is 21.5 Å². The summed E-state index contributed by atoms with van der Waals surface area (Å²) in [5.41, 5.74) is 5.00. The zero-order valence-electron chi connectivity index (χ0n) is 14.3. The molecule has 0 spiro atoms. The number of fused-ring (bicyclic) bond motifs is 3. The molecular weight excluding hydrogens is 312 g/mol. The molecule has 5 aromatic rings. The molecule has 0 aliphatic carbocycles. The van der Waals surface area contributed by atoms with E-state index in [1.54, 1.807) is 0 Å². The molecule has 0 aliphatic heterocycles. The Hall–Kier alpha value is -3.38. The van der Waals surface area contributed by atoms with Gasteiger partial charge in [-0.15, -0.1) is 0 Å². The molecule has 0 heteroatoms. The van der Waals surface area contributed by atoms with Gasteiger partial charge in [-0.2, -0.15) is 0 Å². The monoisotopic (exact) mass is 329 g/mol.